The van der Waals surface area contributed by atoms with Crippen LogP contribution in [-0.4, -0.2) is 50.2 Å². The zero-order chi connectivity index (χ0) is 15.8. The Balaban J connectivity index is 0.00000264. The lowest BCUT2D eigenvalue weighted by atomic mass is 9.96. The highest BCUT2D eigenvalue weighted by Crippen LogP contribution is 2.16. The molecule has 0 bridgehead atoms. The number of likely N-dealkylation sites (N-methyl/N-ethyl adjacent to an activating group) is 1. The number of nitrogens with one attached hydrogen (secondary N) is 1. The summed E-state index contributed by atoms with van der Waals surface area (Å²) < 4.78 is 5.29. The van der Waals surface area contributed by atoms with Gasteiger partial charge < -0.3 is 10.1 Å². The minimum absolute atomic E-state index is 0. The first-order valence-corrected chi connectivity index (χ1v) is 8.32. The maximum Gasteiger partial charge on any atom is 0.323 e. The number of hydrogen-bond donors (Lipinski definition) is 1. The van der Waals surface area contributed by atoms with Crippen molar-refractivity contribution < 1.29 is 9.53 Å². The molecular weight excluding hydrogens is 312 g/mol. The van der Waals surface area contributed by atoms with Gasteiger partial charge in [-0.2, -0.15) is 0 Å². The fraction of sp³-hybridized carbons (Fsp3) is 0.611. The van der Waals surface area contributed by atoms with Crippen LogP contribution >= 0.6 is 12.4 Å². The predicted octanol–water partition coefficient (Wildman–Crippen LogP) is 2.51. The molecular formula is C18H29ClN2O2. The maximum atomic E-state index is 12.4. The van der Waals surface area contributed by atoms with Crippen molar-refractivity contribution in [1.82, 2.24) is 10.2 Å². The molecule has 1 saturated heterocycles. The molecule has 0 saturated carbocycles. The van der Waals surface area contributed by atoms with E-state index in [1.807, 2.05) is 32.2 Å². The minimum atomic E-state index is -0.197. The van der Waals surface area contributed by atoms with Crippen LogP contribution in [0.15, 0.2) is 30.3 Å². The van der Waals surface area contributed by atoms with Crippen LogP contribution in [0.5, 0.6) is 0 Å². The Hall–Kier alpha value is -1.10. The molecule has 0 spiro atoms. The van der Waals surface area contributed by atoms with Crippen LogP contribution in [0, 0.1) is 5.92 Å². The summed E-state index contributed by atoms with van der Waals surface area (Å²) in [5, 5.41) is 3.39. The van der Waals surface area contributed by atoms with Gasteiger partial charge in [-0.3, -0.25) is 9.69 Å². The number of piperidine rings is 1. The molecule has 1 heterocycles. The van der Waals surface area contributed by atoms with E-state index in [1.165, 1.54) is 18.4 Å². The molecule has 1 aliphatic heterocycles. The molecule has 1 atom stereocenters. The SMILES string of the molecule is CCOC(=O)C(Cc1ccccc1)N(C)CC1CCNCC1.Cl. The molecule has 23 heavy (non-hydrogen) atoms. The molecule has 1 aromatic carbocycles. The lowest BCUT2D eigenvalue weighted by Gasteiger charge is -2.32. The molecule has 130 valence electrons. The summed E-state index contributed by atoms with van der Waals surface area (Å²) in [6.07, 6.45) is 3.08. The topological polar surface area (TPSA) is 41.6 Å². The summed E-state index contributed by atoms with van der Waals surface area (Å²) in [5.74, 6) is 0.557. The Morgan fingerprint density at radius 1 is 1.30 bits per heavy atom. The van der Waals surface area contributed by atoms with Crippen LogP contribution in [-0.2, 0) is 16.0 Å². The summed E-state index contributed by atoms with van der Waals surface area (Å²) in [6, 6.07) is 9.99. The number of rotatable bonds is 7. The Morgan fingerprint density at radius 3 is 2.57 bits per heavy atom. The summed E-state index contributed by atoms with van der Waals surface area (Å²) in [5.41, 5.74) is 1.18. The van der Waals surface area contributed by atoms with Crippen LogP contribution in [0.4, 0.5) is 0 Å². The first kappa shape index (κ1) is 19.9. The molecule has 4 nitrogen and oxygen atoms in total. The van der Waals surface area contributed by atoms with E-state index < -0.39 is 0 Å². The van der Waals surface area contributed by atoms with Gasteiger partial charge >= 0.3 is 5.97 Å². The van der Waals surface area contributed by atoms with Crippen molar-refractivity contribution in [3.05, 3.63) is 35.9 Å². The number of carbonyl (C=O) groups excluding carboxylic acids is 1. The lowest BCUT2D eigenvalue weighted by molar-refractivity contribution is -0.149. The number of ether oxygens (including phenoxy) is 1. The normalized spacial score (nSPS) is 16.7. The van der Waals surface area contributed by atoms with E-state index in [2.05, 4.69) is 22.3 Å². The van der Waals surface area contributed by atoms with E-state index in [-0.39, 0.29) is 24.4 Å². The van der Waals surface area contributed by atoms with E-state index in [0.29, 0.717) is 18.9 Å². The quantitative estimate of drug-likeness (QED) is 0.774. The van der Waals surface area contributed by atoms with Gasteiger partial charge in [-0.1, -0.05) is 30.3 Å². The molecule has 2 rings (SSSR count). The maximum absolute atomic E-state index is 12.4. The van der Waals surface area contributed by atoms with Gasteiger partial charge in [-0.25, -0.2) is 0 Å². The van der Waals surface area contributed by atoms with Crippen LogP contribution in [0.2, 0.25) is 0 Å². The van der Waals surface area contributed by atoms with E-state index in [0.717, 1.165) is 19.6 Å². The standard InChI is InChI=1S/C18H28N2O2.ClH/c1-3-22-18(21)17(13-15-7-5-4-6-8-15)20(2)14-16-9-11-19-12-10-16;/h4-8,16-17,19H,3,9-14H2,1-2H3;1H. The van der Waals surface area contributed by atoms with E-state index in [1.54, 1.807) is 0 Å². The van der Waals surface area contributed by atoms with Crippen LogP contribution < -0.4 is 5.32 Å². The second-order valence-corrected chi connectivity index (χ2v) is 6.09. The van der Waals surface area contributed by atoms with Crippen molar-refractivity contribution in [2.75, 3.05) is 33.3 Å². The molecule has 0 radical (unpaired) electrons. The molecule has 1 fully saturated rings. The molecule has 1 aromatic rings. The average molecular weight is 341 g/mol. The van der Waals surface area contributed by atoms with Gasteiger partial charge in [-0.15, -0.1) is 12.4 Å². The average Bonchev–Trinajstić information content (AvgIpc) is 2.54. The number of benzene rings is 1. The van der Waals surface area contributed by atoms with Crippen molar-refractivity contribution in [3.63, 3.8) is 0 Å². The number of halogens is 1. The summed E-state index contributed by atoms with van der Waals surface area (Å²) in [7, 11) is 2.05. The third kappa shape index (κ3) is 6.50. The molecule has 1 N–H and O–H groups in total. The van der Waals surface area contributed by atoms with Crippen molar-refractivity contribution in [3.8, 4) is 0 Å². The fourth-order valence-electron chi connectivity index (χ4n) is 3.09. The minimum Gasteiger partial charge on any atom is -0.465 e. The van der Waals surface area contributed by atoms with Gasteiger partial charge in [-0.05, 0) is 57.8 Å². The van der Waals surface area contributed by atoms with Crippen LogP contribution in [0.25, 0.3) is 0 Å². The largest absolute Gasteiger partial charge is 0.465 e. The Kier molecular flexibility index (Phi) is 9.22. The van der Waals surface area contributed by atoms with Crippen molar-refractivity contribution in [2.45, 2.75) is 32.2 Å². The first-order chi connectivity index (χ1) is 10.7. The van der Waals surface area contributed by atoms with Crippen LogP contribution in [0.1, 0.15) is 25.3 Å². The number of esters is 1. The Morgan fingerprint density at radius 2 is 1.96 bits per heavy atom. The third-order valence-corrected chi connectivity index (χ3v) is 4.37. The van der Waals surface area contributed by atoms with E-state index >= 15 is 0 Å². The smallest absolute Gasteiger partial charge is 0.323 e. The highest BCUT2D eigenvalue weighted by Gasteiger charge is 2.27. The Labute approximate surface area is 146 Å². The predicted molar refractivity (Wildman–Crippen MR) is 96.0 cm³/mol. The monoisotopic (exact) mass is 340 g/mol. The zero-order valence-electron chi connectivity index (χ0n) is 14.2. The second-order valence-electron chi connectivity index (χ2n) is 6.09. The molecule has 5 heteroatoms. The summed E-state index contributed by atoms with van der Waals surface area (Å²) >= 11 is 0. The second kappa shape index (κ2) is 10.6. The molecule has 0 aromatic heterocycles. The highest BCUT2D eigenvalue weighted by molar-refractivity contribution is 5.85. The Bertz CT molecular complexity index is 450. The van der Waals surface area contributed by atoms with E-state index in [9.17, 15) is 4.79 Å². The summed E-state index contributed by atoms with van der Waals surface area (Å²) in [4.78, 5) is 14.5. The summed E-state index contributed by atoms with van der Waals surface area (Å²) in [6.45, 7) is 5.43. The first-order valence-electron chi connectivity index (χ1n) is 8.32. The van der Waals surface area contributed by atoms with Crippen molar-refractivity contribution in [1.29, 1.82) is 0 Å². The lowest BCUT2D eigenvalue weighted by Crippen LogP contribution is -2.45. The molecule has 1 unspecified atom stereocenters. The number of carbonyl (C=O) groups is 1. The van der Waals surface area contributed by atoms with Gasteiger partial charge in [0.15, 0.2) is 0 Å². The van der Waals surface area contributed by atoms with Crippen LogP contribution in [0.3, 0.4) is 0 Å². The van der Waals surface area contributed by atoms with Gasteiger partial charge in [0, 0.05) is 6.54 Å². The van der Waals surface area contributed by atoms with Gasteiger partial charge in [0.1, 0.15) is 6.04 Å². The molecule has 0 amide bonds. The number of hydrogen-bond acceptors (Lipinski definition) is 4. The molecule has 1 aliphatic rings. The number of nitrogens with zero attached hydrogens (tertiary/aromatic N) is 1. The third-order valence-electron chi connectivity index (χ3n) is 4.37. The van der Waals surface area contributed by atoms with Crippen molar-refractivity contribution in [2.24, 2.45) is 5.92 Å². The molecule has 0 aliphatic carbocycles. The van der Waals surface area contributed by atoms with Gasteiger partial charge in [0.2, 0.25) is 0 Å². The van der Waals surface area contributed by atoms with E-state index in [4.69, 9.17) is 4.74 Å². The zero-order valence-corrected chi connectivity index (χ0v) is 15.0. The van der Waals surface area contributed by atoms with Gasteiger partial charge in [0.05, 0.1) is 6.61 Å². The highest BCUT2D eigenvalue weighted by atomic mass is 35.5. The fourth-order valence-corrected chi connectivity index (χ4v) is 3.09. The van der Waals surface area contributed by atoms with Crippen molar-refractivity contribution >= 4 is 18.4 Å². The van der Waals surface area contributed by atoms with Gasteiger partial charge in [0.25, 0.3) is 0 Å².